The van der Waals surface area contributed by atoms with Crippen molar-refractivity contribution in [2.24, 2.45) is 23.7 Å². The lowest BCUT2D eigenvalue weighted by Gasteiger charge is -2.28. The number of hydrogen-bond donors (Lipinski definition) is 0. The van der Waals surface area contributed by atoms with Crippen LogP contribution < -0.4 is 0 Å². The molecule has 0 spiro atoms. The zero-order valence-corrected chi connectivity index (χ0v) is 20.5. The molecule has 1 saturated carbocycles. The summed E-state index contributed by atoms with van der Waals surface area (Å²) in [6, 6.07) is 0. The Balaban J connectivity index is 2.30. The van der Waals surface area contributed by atoms with Crippen LogP contribution in [0.25, 0.3) is 0 Å². The molecule has 28 heavy (non-hydrogen) atoms. The van der Waals surface area contributed by atoms with E-state index in [9.17, 15) is 0 Å². The molecule has 0 aliphatic heterocycles. The molecule has 0 aromatic heterocycles. The van der Waals surface area contributed by atoms with Crippen molar-refractivity contribution in [3.8, 4) is 0 Å². The molecule has 0 radical (unpaired) electrons. The molecule has 0 saturated heterocycles. The van der Waals surface area contributed by atoms with E-state index >= 15 is 0 Å². The zero-order valence-electron chi connectivity index (χ0n) is 20.5. The molecule has 0 aromatic rings. The quantitative estimate of drug-likeness (QED) is 0.170. The SMILES string of the molecule is CCCCC(CCC)C(CCCCCCCC1CC1)CCCCC(CC)CC. The molecule has 1 aliphatic carbocycles. The van der Waals surface area contributed by atoms with Crippen molar-refractivity contribution in [2.75, 3.05) is 0 Å². The molecule has 1 fully saturated rings. The van der Waals surface area contributed by atoms with Gasteiger partial charge in [0.05, 0.1) is 0 Å². The first kappa shape index (κ1) is 26.0. The maximum absolute atomic E-state index is 2.41. The summed E-state index contributed by atoms with van der Waals surface area (Å²) in [6.45, 7) is 9.53. The Labute approximate surface area is 180 Å². The third kappa shape index (κ3) is 13.3. The van der Waals surface area contributed by atoms with E-state index in [1.807, 2.05) is 0 Å². The predicted octanol–water partition coefficient (Wildman–Crippen LogP) is 10.3. The lowest BCUT2D eigenvalue weighted by Crippen LogP contribution is -2.16. The standard InChI is InChI=1S/C28H56/c1-5-9-20-27(17-6-2)28(22-16-15-18-25(7-3)8-4)21-14-12-10-11-13-19-26-23-24-26/h25-28H,5-24H2,1-4H3. The molecular formula is C28H56. The van der Waals surface area contributed by atoms with Crippen molar-refractivity contribution < 1.29 is 0 Å². The van der Waals surface area contributed by atoms with Crippen LogP contribution >= 0.6 is 0 Å². The Morgan fingerprint density at radius 1 is 0.536 bits per heavy atom. The fraction of sp³-hybridized carbons (Fsp3) is 1.00. The van der Waals surface area contributed by atoms with Crippen LogP contribution in [-0.4, -0.2) is 0 Å². The van der Waals surface area contributed by atoms with Gasteiger partial charge >= 0.3 is 0 Å². The van der Waals surface area contributed by atoms with E-state index in [4.69, 9.17) is 0 Å². The van der Waals surface area contributed by atoms with Crippen LogP contribution in [0.4, 0.5) is 0 Å². The van der Waals surface area contributed by atoms with E-state index in [-0.39, 0.29) is 0 Å². The highest BCUT2D eigenvalue weighted by molar-refractivity contribution is 4.73. The van der Waals surface area contributed by atoms with Crippen LogP contribution in [0.2, 0.25) is 0 Å². The molecular weight excluding hydrogens is 336 g/mol. The van der Waals surface area contributed by atoms with Crippen molar-refractivity contribution in [3.63, 3.8) is 0 Å². The smallest absolute Gasteiger partial charge is 0.0386 e. The molecule has 0 heteroatoms. The minimum atomic E-state index is 0.987. The number of hydrogen-bond acceptors (Lipinski definition) is 0. The van der Waals surface area contributed by atoms with Crippen LogP contribution in [0.3, 0.4) is 0 Å². The van der Waals surface area contributed by atoms with E-state index < -0.39 is 0 Å². The Morgan fingerprint density at radius 2 is 1.07 bits per heavy atom. The predicted molar refractivity (Wildman–Crippen MR) is 129 cm³/mol. The van der Waals surface area contributed by atoms with Crippen molar-refractivity contribution in [1.82, 2.24) is 0 Å². The van der Waals surface area contributed by atoms with E-state index in [0.717, 1.165) is 23.7 Å². The van der Waals surface area contributed by atoms with Gasteiger partial charge in [-0.1, -0.05) is 156 Å². The lowest BCUT2D eigenvalue weighted by atomic mass is 9.78. The van der Waals surface area contributed by atoms with E-state index in [2.05, 4.69) is 27.7 Å². The number of rotatable bonds is 21. The molecule has 0 bridgehead atoms. The van der Waals surface area contributed by atoms with Gasteiger partial charge in [-0.05, 0) is 23.7 Å². The molecule has 0 nitrogen and oxygen atoms in total. The van der Waals surface area contributed by atoms with Crippen molar-refractivity contribution in [2.45, 2.75) is 156 Å². The summed E-state index contributed by atoms with van der Waals surface area (Å²) in [6.07, 6.45) is 29.6. The Morgan fingerprint density at radius 3 is 1.68 bits per heavy atom. The molecule has 1 rings (SSSR count). The molecule has 0 N–H and O–H groups in total. The molecule has 1 aliphatic rings. The average molecular weight is 393 g/mol. The maximum Gasteiger partial charge on any atom is -0.0386 e. The topological polar surface area (TPSA) is 0 Å². The highest BCUT2D eigenvalue weighted by Gasteiger charge is 2.21. The second-order valence-electron chi connectivity index (χ2n) is 10.2. The lowest BCUT2D eigenvalue weighted by molar-refractivity contribution is 0.240. The van der Waals surface area contributed by atoms with E-state index in [1.165, 1.54) is 128 Å². The van der Waals surface area contributed by atoms with Crippen molar-refractivity contribution in [1.29, 1.82) is 0 Å². The maximum atomic E-state index is 2.41. The fourth-order valence-electron chi connectivity index (χ4n) is 5.38. The van der Waals surface area contributed by atoms with Gasteiger partial charge in [0, 0.05) is 0 Å². The van der Waals surface area contributed by atoms with Crippen molar-refractivity contribution >= 4 is 0 Å². The van der Waals surface area contributed by atoms with Gasteiger partial charge in [-0.15, -0.1) is 0 Å². The van der Waals surface area contributed by atoms with Gasteiger partial charge < -0.3 is 0 Å². The Bertz CT molecular complexity index is 312. The summed E-state index contributed by atoms with van der Waals surface area (Å²) < 4.78 is 0. The van der Waals surface area contributed by atoms with Gasteiger partial charge in [0.1, 0.15) is 0 Å². The first-order chi connectivity index (χ1) is 13.7. The summed E-state index contributed by atoms with van der Waals surface area (Å²) in [7, 11) is 0. The van der Waals surface area contributed by atoms with Gasteiger partial charge in [-0.3, -0.25) is 0 Å². The van der Waals surface area contributed by atoms with Gasteiger partial charge in [0.25, 0.3) is 0 Å². The average Bonchev–Trinajstić information content (AvgIpc) is 3.53. The number of unbranched alkanes of at least 4 members (excludes halogenated alkanes) is 6. The summed E-state index contributed by atoms with van der Waals surface area (Å²) in [5.74, 6) is 4.17. The largest absolute Gasteiger partial charge is 0.0654 e. The van der Waals surface area contributed by atoms with Crippen LogP contribution in [0.5, 0.6) is 0 Å². The van der Waals surface area contributed by atoms with Gasteiger partial charge in [0.15, 0.2) is 0 Å². The summed E-state index contributed by atoms with van der Waals surface area (Å²) in [5, 5.41) is 0. The Kier molecular flexibility index (Phi) is 16.6. The highest BCUT2D eigenvalue weighted by Crippen LogP contribution is 2.35. The molecule has 2 atom stereocenters. The first-order valence-corrected chi connectivity index (χ1v) is 13.7. The molecule has 0 heterocycles. The van der Waals surface area contributed by atoms with Crippen LogP contribution in [0.15, 0.2) is 0 Å². The summed E-state index contributed by atoms with van der Waals surface area (Å²) >= 11 is 0. The zero-order chi connectivity index (χ0) is 20.5. The second-order valence-corrected chi connectivity index (χ2v) is 10.2. The monoisotopic (exact) mass is 392 g/mol. The van der Waals surface area contributed by atoms with Crippen LogP contribution in [0, 0.1) is 23.7 Å². The highest BCUT2D eigenvalue weighted by atomic mass is 14.3. The Hall–Kier alpha value is 0. The fourth-order valence-corrected chi connectivity index (χ4v) is 5.38. The van der Waals surface area contributed by atoms with Crippen molar-refractivity contribution in [3.05, 3.63) is 0 Å². The summed E-state index contributed by atoms with van der Waals surface area (Å²) in [4.78, 5) is 0. The van der Waals surface area contributed by atoms with Gasteiger partial charge in [-0.2, -0.15) is 0 Å². The molecule has 0 amide bonds. The minimum absolute atomic E-state index is 0.987. The van der Waals surface area contributed by atoms with Gasteiger partial charge in [-0.25, -0.2) is 0 Å². The molecule has 0 aromatic carbocycles. The molecule has 2 unspecified atom stereocenters. The van der Waals surface area contributed by atoms with Crippen LogP contribution in [-0.2, 0) is 0 Å². The van der Waals surface area contributed by atoms with E-state index in [1.54, 1.807) is 0 Å². The van der Waals surface area contributed by atoms with E-state index in [0.29, 0.717) is 0 Å². The molecule has 168 valence electrons. The first-order valence-electron chi connectivity index (χ1n) is 13.7. The minimum Gasteiger partial charge on any atom is -0.0654 e. The third-order valence-electron chi connectivity index (χ3n) is 7.73. The third-order valence-corrected chi connectivity index (χ3v) is 7.73. The van der Waals surface area contributed by atoms with Crippen LogP contribution in [0.1, 0.15) is 156 Å². The van der Waals surface area contributed by atoms with Gasteiger partial charge in [0.2, 0.25) is 0 Å². The second kappa shape index (κ2) is 17.8. The normalized spacial score (nSPS) is 16.6. The summed E-state index contributed by atoms with van der Waals surface area (Å²) in [5.41, 5.74) is 0.